The molecule has 0 bridgehead atoms. The van der Waals surface area contributed by atoms with Crippen LogP contribution in [0.5, 0.6) is 0 Å². The molecule has 3 nitrogen and oxygen atoms in total. The second-order valence-corrected chi connectivity index (χ2v) is 8.69. The molecule has 0 aliphatic heterocycles. The third-order valence-electron chi connectivity index (χ3n) is 6.65. The number of aliphatic carboxylic acids is 1. The molecule has 2 aliphatic carbocycles. The Morgan fingerprint density at radius 3 is 2.83 bits per heavy atom. The van der Waals surface area contributed by atoms with E-state index in [-0.39, 0.29) is 0 Å². The van der Waals surface area contributed by atoms with E-state index < -0.39 is 11.6 Å². The van der Waals surface area contributed by atoms with Crippen molar-refractivity contribution in [2.24, 2.45) is 23.2 Å². The Kier molecular flexibility index (Phi) is 5.99. The van der Waals surface area contributed by atoms with Gasteiger partial charge in [-0.1, -0.05) is 41.8 Å². The summed E-state index contributed by atoms with van der Waals surface area (Å²) in [5.74, 6) is 0.900. The molecule has 2 saturated carbocycles. The number of halogens is 1. The van der Waals surface area contributed by atoms with Gasteiger partial charge in [-0.2, -0.15) is 0 Å². The lowest BCUT2D eigenvalue weighted by atomic mass is 9.61. The number of carboxylic acids is 1. The summed E-state index contributed by atoms with van der Waals surface area (Å²) in [5, 5.41) is 18.9. The van der Waals surface area contributed by atoms with E-state index in [0.29, 0.717) is 29.6 Å². The zero-order valence-electron chi connectivity index (χ0n) is 14.6. The molecule has 2 fully saturated rings. The smallest absolute Gasteiger partial charge is 0.335 e. The number of aliphatic hydroxyl groups is 1. The van der Waals surface area contributed by atoms with Crippen LogP contribution in [0.4, 0.5) is 0 Å². The van der Waals surface area contributed by atoms with Crippen LogP contribution in [0, 0.1) is 23.2 Å². The van der Waals surface area contributed by atoms with E-state index in [2.05, 4.69) is 34.8 Å². The maximum absolute atomic E-state index is 11.0. The van der Waals surface area contributed by atoms with Crippen molar-refractivity contribution in [3.8, 4) is 0 Å². The fourth-order valence-corrected chi connectivity index (χ4v) is 5.77. The number of fused-ring (bicyclic) bond motifs is 1. The SMILES string of the molecule is C[C@H](CCC[C@](C)(O)C(=O)O)[C@H]1CCC2C(=CBr)CCC[C@@]21C. The van der Waals surface area contributed by atoms with Crippen LogP contribution in [0.15, 0.2) is 10.6 Å². The minimum absolute atomic E-state index is 0.339. The van der Waals surface area contributed by atoms with Gasteiger partial charge in [-0.15, -0.1) is 0 Å². The molecular weight excluding hydrogens is 356 g/mol. The van der Waals surface area contributed by atoms with Crippen LogP contribution in [-0.2, 0) is 4.79 Å². The summed E-state index contributed by atoms with van der Waals surface area (Å²) in [6, 6.07) is 0. The van der Waals surface area contributed by atoms with Gasteiger partial charge in [0.25, 0.3) is 0 Å². The van der Waals surface area contributed by atoms with Crippen LogP contribution >= 0.6 is 15.9 Å². The van der Waals surface area contributed by atoms with Crippen LogP contribution < -0.4 is 0 Å². The summed E-state index contributed by atoms with van der Waals surface area (Å²) in [5.41, 5.74) is 0.396. The number of rotatable bonds is 6. The molecule has 0 amide bonds. The van der Waals surface area contributed by atoms with Crippen molar-refractivity contribution in [2.45, 2.75) is 77.7 Å². The second-order valence-electron chi connectivity index (χ2n) is 8.23. The molecule has 132 valence electrons. The third kappa shape index (κ3) is 3.84. The quantitative estimate of drug-likeness (QED) is 0.665. The van der Waals surface area contributed by atoms with Crippen molar-refractivity contribution in [1.29, 1.82) is 0 Å². The van der Waals surface area contributed by atoms with Gasteiger partial charge in [-0.05, 0) is 80.0 Å². The number of carbonyl (C=O) groups is 1. The van der Waals surface area contributed by atoms with Crippen molar-refractivity contribution < 1.29 is 15.0 Å². The van der Waals surface area contributed by atoms with Crippen molar-refractivity contribution in [3.63, 3.8) is 0 Å². The Labute approximate surface area is 148 Å². The lowest BCUT2D eigenvalue weighted by Crippen LogP contribution is -2.36. The van der Waals surface area contributed by atoms with Gasteiger partial charge in [0.1, 0.15) is 0 Å². The van der Waals surface area contributed by atoms with Gasteiger partial charge in [0.05, 0.1) is 0 Å². The molecule has 1 unspecified atom stereocenters. The first kappa shape index (κ1) is 19.0. The Morgan fingerprint density at radius 2 is 2.22 bits per heavy atom. The number of carboxylic acid groups (broad SMARTS) is 1. The van der Waals surface area contributed by atoms with Crippen LogP contribution in [0.3, 0.4) is 0 Å². The van der Waals surface area contributed by atoms with Crippen LogP contribution in [-0.4, -0.2) is 21.8 Å². The number of hydrogen-bond acceptors (Lipinski definition) is 2. The summed E-state index contributed by atoms with van der Waals surface area (Å²) in [6.07, 6.45) is 8.51. The van der Waals surface area contributed by atoms with E-state index in [9.17, 15) is 9.90 Å². The van der Waals surface area contributed by atoms with E-state index in [1.807, 2.05) is 0 Å². The highest BCUT2D eigenvalue weighted by Crippen LogP contribution is 2.60. The monoisotopic (exact) mass is 386 g/mol. The highest BCUT2D eigenvalue weighted by atomic mass is 79.9. The summed E-state index contributed by atoms with van der Waals surface area (Å²) in [6.45, 7) is 6.19. The van der Waals surface area contributed by atoms with E-state index in [1.54, 1.807) is 5.57 Å². The first-order valence-corrected chi connectivity index (χ1v) is 9.89. The van der Waals surface area contributed by atoms with Crippen molar-refractivity contribution in [3.05, 3.63) is 10.6 Å². The molecule has 0 heterocycles. The molecule has 0 spiro atoms. The Balaban J connectivity index is 1.95. The number of allylic oxidation sites excluding steroid dienone is 1. The summed E-state index contributed by atoms with van der Waals surface area (Å²) < 4.78 is 0. The predicted molar refractivity (Wildman–Crippen MR) is 96.5 cm³/mol. The molecule has 0 aromatic carbocycles. The van der Waals surface area contributed by atoms with Crippen molar-refractivity contribution in [1.82, 2.24) is 0 Å². The second kappa shape index (κ2) is 7.26. The molecule has 2 aliphatic rings. The molecule has 5 atom stereocenters. The zero-order chi connectivity index (χ0) is 17.3. The van der Waals surface area contributed by atoms with Gasteiger partial charge in [0.2, 0.25) is 0 Å². The minimum atomic E-state index is -1.58. The zero-order valence-corrected chi connectivity index (χ0v) is 16.2. The first-order valence-electron chi connectivity index (χ1n) is 8.97. The maximum Gasteiger partial charge on any atom is 0.335 e. The summed E-state index contributed by atoms with van der Waals surface area (Å²) >= 11 is 3.56. The third-order valence-corrected chi connectivity index (χ3v) is 7.24. The predicted octanol–water partition coefficient (Wildman–Crippen LogP) is 5.12. The van der Waals surface area contributed by atoms with Crippen LogP contribution in [0.1, 0.15) is 72.1 Å². The highest BCUT2D eigenvalue weighted by molar-refractivity contribution is 9.11. The summed E-state index contributed by atoms with van der Waals surface area (Å²) in [4.78, 5) is 13.2. The van der Waals surface area contributed by atoms with Crippen molar-refractivity contribution in [2.75, 3.05) is 0 Å². The van der Waals surface area contributed by atoms with Crippen LogP contribution in [0.25, 0.3) is 0 Å². The topological polar surface area (TPSA) is 57.5 Å². The Morgan fingerprint density at radius 1 is 1.52 bits per heavy atom. The highest BCUT2D eigenvalue weighted by Gasteiger charge is 2.50. The summed E-state index contributed by atoms with van der Waals surface area (Å²) in [7, 11) is 0. The fraction of sp³-hybridized carbons (Fsp3) is 0.842. The van der Waals surface area contributed by atoms with Gasteiger partial charge < -0.3 is 10.2 Å². The van der Waals surface area contributed by atoms with Gasteiger partial charge in [0, 0.05) is 0 Å². The molecule has 0 saturated heterocycles. The van der Waals surface area contributed by atoms with Gasteiger partial charge in [-0.25, -0.2) is 4.79 Å². The maximum atomic E-state index is 11.0. The molecule has 0 aromatic heterocycles. The van der Waals surface area contributed by atoms with E-state index in [0.717, 1.165) is 12.8 Å². The standard InChI is InChI=1S/C19H31BrO3/c1-13(6-4-11-19(3,23)17(21)22)15-8-9-16-14(12-20)7-5-10-18(15,16)2/h12-13,15-16,23H,4-11H2,1-3H3,(H,21,22)/t13-,15-,16?,18-,19+/m1/s1. The van der Waals surface area contributed by atoms with E-state index in [4.69, 9.17) is 5.11 Å². The molecule has 0 aromatic rings. The Hall–Kier alpha value is -0.350. The average molecular weight is 387 g/mol. The molecular formula is C19H31BrO3. The number of hydrogen-bond donors (Lipinski definition) is 2. The molecule has 4 heteroatoms. The molecule has 2 rings (SSSR count). The normalized spacial score (nSPS) is 36.5. The van der Waals surface area contributed by atoms with Crippen LogP contribution in [0.2, 0.25) is 0 Å². The minimum Gasteiger partial charge on any atom is -0.479 e. The average Bonchev–Trinajstić information content (AvgIpc) is 2.83. The first-order chi connectivity index (χ1) is 10.7. The fourth-order valence-electron chi connectivity index (χ4n) is 5.22. The van der Waals surface area contributed by atoms with Gasteiger partial charge in [0.15, 0.2) is 5.60 Å². The molecule has 0 radical (unpaired) electrons. The lowest BCUT2D eigenvalue weighted by molar-refractivity contribution is -0.157. The van der Waals surface area contributed by atoms with Crippen molar-refractivity contribution >= 4 is 21.9 Å². The largest absolute Gasteiger partial charge is 0.479 e. The Bertz CT molecular complexity index is 471. The van der Waals surface area contributed by atoms with Gasteiger partial charge >= 0.3 is 5.97 Å². The van der Waals surface area contributed by atoms with E-state index >= 15 is 0 Å². The molecule has 2 N–H and O–H groups in total. The van der Waals surface area contributed by atoms with E-state index in [1.165, 1.54) is 39.0 Å². The lowest BCUT2D eigenvalue weighted by Gasteiger charge is -2.44. The van der Waals surface area contributed by atoms with Gasteiger partial charge in [-0.3, -0.25) is 0 Å². The molecule has 23 heavy (non-hydrogen) atoms.